The summed E-state index contributed by atoms with van der Waals surface area (Å²) in [6, 6.07) is 0. The van der Waals surface area contributed by atoms with Gasteiger partial charge in [-0.05, 0) is 18.1 Å². The minimum Gasteiger partial charge on any atom is -0.287 e. The topological polar surface area (TPSA) is 17.1 Å². The van der Waals surface area contributed by atoms with Gasteiger partial charge in [0.2, 0.25) is 0 Å². The highest BCUT2D eigenvalue weighted by Crippen LogP contribution is 2.35. The molecule has 1 nitrogen and oxygen atoms in total. The standard InChI is InChI=1S/C10H20OS/c1-9(2,3)7-10(4,5)8(11)12-6/h7H2,1-6H3. The lowest BCUT2D eigenvalue weighted by Gasteiger charge is -2.30. The van der Waals surface area contributed by atoms with Crippen LogP contribution in [0.1, 0.15) is 41.0 Å². The van der Waals surface area contributed by atoms with E-state index in [-0.39, 0.29) is 15.9 Å². The predicted octanol–water partition coefficient (Wildman–Crippen LogP) is 3.34. The van der Waals surface area contributed by atoms with Crippen LogP contribution in [0, 0.1) is 10.8 Å². The first-order chi connectivity index (χ1) is 5.19. The fraction of sp³-hybridized carbons (Fsp3) is 0.900. The Labute approximate surface area is 80.3 Å². The summed E-state index contributed by atoms with van der Waals surface area (Å²) in [5.74, 6) is 0. The maximum absolute atomic E-state index is 11.5. The second-order valence-corrected chi connectivity index (χ2v) is 5.89. The second kappa shape index (κ2) is 3.82. The molecule has 0 aliphatic heterocycles. The molecular formula is C10H20OS. The summed E-state index contributed by atoms with van der Waals surface area (Å²) in [7, 11) is 0. The Hall–Kier alpha value is 0.0200. The molecular weight excluding hydrogens is 168 g/mol. The van der Waals surface area contributed by atoms with E-state index in [1.165, 1.54) is 11.8 Å². The SMILES string of the molecule is CSC(=O)C(C)(C)CC(C)(C)C. The van der Waals surface area contributed by atoms with Crippen LogP contribution in [0.15, 0.2) is 0 Å². The normalized spacial score (nSPS) is 13.2. The molecule has 0 aromatic heterocycles. The van der Waals surface area contributed by atoms with E-state index >= 15 is 0 Å². The van der Waals surface area contributed by atoms with Gasteiger partial charge >= 0.3 is 0 Å². The molecule has 72 valence electrons. The molecule has 0 rings (SSSR count). The van der Waals surface area contributed by atoms with Crippen LogP contribution in [-0.4, -0.2) is 11.4 Å². The smallest absolute Gasteiger partial charge is 0.194 e. The lowest BCUT2D eigenvalue weighted by atomic mass is 9.77. The summed E-state index contributed by atoms with van der Waals surface area (Å²) in [4.78, 5) is 11.5. The van der Waals surface area contributed by atoms with Crippen molar-refractivity contribution in [3.05, 3.63) is 0 Å². The Morgan fingerprint density at radius 2 is 1.58 bits per heavy atom. The summed E-state index contributed by atoms with van der Waals surface area (Å²) < 4.78 is 0. The van der Waals surface area contributed by atoms with Crippen LogP contribution in [-0.2, 0) is 4.79 Å². The molecule has 0 spiro atoms. The van der Waals surface area contributed by atoms with Crippen LogP contribution in [0.4, 0.5) is 0 Å². The van der Waals surface area contributed by atoms with Crippen LogP contribution in [0.5, 0.6) is 0 Å². The van der Waals surface area contributed by atoms with Gasteiger partial charge in [-0.1, -0.05) is 46.4 Å². The Kier molecular flexibility index (Phi) is 3.83. The van der Waals surface area contributed by atoms with Gasteiger partial charge < -0.3 is 0 Å². The average Bonchev–Trinajstić information content (AvgIpc) is 1.80. The molecule has 0 fully saturated rings. The zero-order valence-electron chi connectivity index (χ0n) is 9.02. The zero-order valence-corrected chi connectivity index (χ0v) is 9.84. The van der Waals surface area contributed by atoms with E-state index in [2.05, 4.69) is 20.8 Å². The number of carbonyl (C=O) groups is 1. The van der Waals surface area contributed by atoms with Crippen molar-refractivity contribution in [2.24, 2.45) is 10.8 Å². The highest BCUT2D eigenvalue weighted by molar-refractivity contribution is 8.13. The van der Waals surface area contributed by atoms with E-state index in [0.29, 0.717) is 0 Å². The zero-order chi connectivity index (χ0) is 9.99. The lowest BCUT2D eigenvalue weighted by Crippen LogP contribution is -2.27. The van der Waals surface area contributed by atoms with Gasteiger partial charge in [-0.15, -0.1) is 0 Å². The minimum atomic E-state index is -0.183. The van der Waals surface area contributed by atoms with Crippen LogP contribution >= 0.6 is 11.8 Å². The first-order valence-corrected chi connectivity index (χ1v) is 5.50. The van der Waals surface area contributed by atoms with E-state index in [1.807, 2.05) is 20.1 Å². The second-order valence-electron chi connectivity index (χ2n) is 5.11. The molecule has 0 saturated heterocycles. The molecule has 0 radical (unpaired) electrons. The summed E-state index contributed by atoms with van der Waals surface area (Å²) in [6.45, 7) is 10.6. The number of thioether (sulfide) groups is 1. The lowest BCUT2D eigenvalue weighted by molar-refractivity contribution is -0.119. The fourth-order valence-corrected chi connectivity index (χ4v) is 2.30. The van der Waals surface area contributed by atoms with Crippen molar-refractivity contribution < 1.29 is 4.79 Å². The summed E-state index contributed by atoms with van der Waals surface area (Å²) in [5.41, 5.74) is 0.0482. The van der Waals surface area contributed by atoms with E-state index < -0.39 is 0 Å². The van der Waals surface area contributed by atoms with Crippen LogP contribution in [0.25, 0.3) is 0 Å². The number of rotatable bonds is 2. The molecule has 0 aromatic rings. The van der Waals surface area contributed by atoms with E-state index in [0.717, 1.165) is 6.42 Å². The Balaban J connectivity index is 4.32. The van der Waals surface area contributed by atoms with Gasteiger partial charge in [0.25, 0.3) is 0 Å². The molecule has 0 aliphatic rings. The summed E-state index contributed by atoms with van der Waals surface area (Å²) >= 11 is 1.33. The number of hydrogen-bond acceptors (Lipinski definition) is 2. The highest BCUT2D eigenvalue weighted by Gasteiger charge is 2.31. The van der Waals surface area contributed by atoms with Crippen molar-refractivity contribution in [3.8, 4) is 0 Å². The monoisotopic (exact) mass is 188 g/mol. The Morgan fingerprint density at radius 3 is 1.83 bits per heavy atom. The first-order valence-electron chi connectivity index (χ1n) is 4.27. The molecule has 0 aromatic carbocycles. The summed E-state index contributed by atoms with van der Waals surface area (Å²) in [5, 5.41) is 0.289. The molecule has 2 heteroatoms. The van der Waals surface area contributed by atoms with Gasteiger partial charge in [-0.3, -0.25) is 4.79 Å². The van der Waals surface area contributed by atoms with Crippen LogP contribution in [0.3, 0.4) is 0 Å². The van der Waals surface area contributed by atoms with Crippen LogP contribution in [0.2, 0.25) is 0 Å². The van der Waals surface area contributed by atoms with Gasteiger partial charge in [0.15, 0.2) is 5.12 Å². The van der Waals surface area contributed by atoms with Crippen molar-refractivity contribution in [1.29, 1.82) is 0 Å². The third-order valence-electron chi connectivity index (χ3n) is 1.71. The summed E-state index contributed by atoms with van der Waals surface area (Å²) in [6.07, 6.45) is 2.80. The molecule has 0 N–H and O–H groups in total. The highest BCUT2D eigenvalue weighted by atomic mass is 32.2. The van der Waals surface area contributed by atoms with E-state index in [1.54, 1.807) is 0 Å². The number of carbonyl (C=O) groups excluding carboxylic acids is 1. The van der Waals surface area contributed by atoms with E-state index in [9.17, 15) is 4.79 Å². The maximum atomic E-state index is 11.5. The molecule has 12 heavy (non-hydrogen) atoms. The maximum Gasteiger partial charge on any atom is 0.194 e. The molecule has 0 heterocycles. The van der Waals surface area contributed by atoms with Crippen molar-refractivity contribution in [2.45, 2.75) is 41.0 Å². The van der Waals surface area contributed by atoms with Gasteiger partial charge in [0, 0.05) is 5.41 Å². The molecule has 0 saturated carbocycles. The molecule has 0 bridgehead atoms. The van der Waals surface area contributed by atoms with Crippen LogP contribution < -0.4 is 0 Å². The molecule has 0 amide bonds. The molecule has 0 unspecified atom stereocenters. The van der Waals surface area contributed by atoms with Gasteiger partial charge in [0.05, 0.1) is 0 Å². The average molecular weight is 188 g/mol. The third-order valence-corrected chi connectivity index (χ3v) is 2.63. The van der Waals surface area contributed by atoms with Crippen molar-refractivity contribution in [2.75, 3.05) is 6.26 Å². The first kappa shape index (κ1) is 12.0. The van der Waals surface area contributed by atoms with E-state index in [4.69, 9.17) is 0 Å². The largest absolute Gasteiger partial charge is 0.287 e. The van der Waals surface area contributed by atoms with Gasteiger partial charge in [-0.2, -0.15) is 0 Å². The predicted molar refractivity (Wildman–Crippen MR) is 56.4 cm³/mol. The van der Waals surface area contributed by atoms with Gasteiger partial charge in [-0.25, -0.2) is 0 Å². The number of hydrogen-bond donors (Lipinski definition) is 0. The van der Waals surface area contributed by atoms with Gasteiger partial charge in [0.1, 0.15) is 0 Å². The van der Waals surface area contributed by atoms with Crippen molar-refractivity contribution >= 4 is 16.9 Å². The quantitative estimate of drug-likeness (QED) is 0.661. The molecule has 0 aliphatic carbocycles. The minimum absolute atomic E-state index is 0.183. The Morgan fingerprint density at radius 1 is 1.17 bits per heavy atom. The Bertz CT molecular complexity index is 165. The fourth-order valence-electron chi connectivity index (χ4n) is 1.67. The van der Waals surface area contributed by atoms with Crippen molar-refractivity contribution in [3.63, 3.8) is 0 Å². The molecule has 0 atom stereocenters. The van der Waals surface area contributed by atoms with Crippen molar-refractivity contribution in [1.82, 2.24) is 0 Å². The third kappa shape index (κ3) is 4.15.